The Kier molecular flexibility index (Phi) is 5.11. The van der Waals surface area contributed by atoms with Crippen LogP contribution in [0.15, 0.2) is 0 Å². The predicted molar refractivity (Wildman–Crippen MR) is 65.5 cm³/mol. The topological polar surface area (TPSA) is 18.5 Å². The maximum absolute atomic E-state index is 6.06. The van der Waals surface area contributed by atoms with E-state index in [1.807, 2.05) is 0 Å². The lowest BCUT2D eigenvalue weighted by Gasteiger charge is -2.23. The molecule has 2 heteroatoms. The zero-order valence-corrected chi connectivity index (χ0v) is 10.6. The summed E-state index contributed by atoms with van der Waals surface area (Å²) in [6, 6.07) is 0. The van der Waals surface area contributed by atoms with Gasteiger partial charge in [-0.1, -0.05) is 19.3 Å². The number of hydrogen-bond donors (Lipinski definition) is 0. The maximum Gasteiger partial charge on any atom is 0.0578 e. The van der Waals surface area contributed by atoms with Crippen LogP contribution < -0.4 is 0 Å². The highest BCUT2D eigenvalue weighted by molar-refractivity contribution is 4.76. The van der Waals surface area contributed by atoms with Gasteiger partial charge < -0.3 is 9.47 Å². The van der Waals surface area contributed by atoms with E-state index in [4.69, 9.17) is 9.47 Å². The van der Waals surface area contributed by atoms with Crippen LogP contribution in [0.4, 0.5) is 0 Å². The Morgan fingerprint density at radius 3 is 2.44 bits per heavy atom. The van der Waals surface area contributed by atoms with Crippen molar-refractivity contribution in [2.24, 2.45) is 11.8 Å². The number of methoxy groups -OCH3 is 1. The minimum Gasteiger partial charge on any atom is -0.384 e. The number of hydrogen-bond acceptors (Lipinski definition) is 2. The van der Waals surface area contributed by atoms with Gasteiger partial charge in [-0.15, -0.1) is 0 Å². The zero-order chi connectivity index (χ0) is 11.2. The molecule has 2 aliphatic rings. The number of ether oxygens (including phenoxy) is 2. The summed E-state index contributed by atoms with van der Waals surface area (Å²) >= 11 is 0. The Labute approximate surface area is 99.7 Å². The summed E-state index contributed by atoms with van der Waals surface area (Å²) in [7, 11) is 1.80. The van der Waals surface area contributed by atoms with Crippen LogP contribution in [0.2, 0.25) is 0 Å². The van der Waals surface area contributed by atoms with Crippen LogP contribution in [0.25, 0.3) is 0 Å². The van der Waals surface area contributed by atoms with E-state index < -0.39 is 0 Å². The van der Waals surface area contributed by atoms with Gasteiger partial charge in [0.15, 0.2) is 0 Å². The third-order valence-electron chi connectivity index (χ3n) is 4.19. The monoisotopic (exact) mass is 226 g/mol. The Balaban J connectivity index is 1.59. The second kappa shape index (κ2) is 6.61. The van der Waals surface area contributed by atoms with Crippen molar-refractivity contribution >= 4 is 0 Å². The summed E-state index contributed by atoms with van der Waals surface area (Å²) in [5.74, 6) is 1.61. The molecule has 16 heavy (non-hydrogen) atoms. The standard InChI is InChI=1S/C14H26O2/c1-15-10-13-7-8-14(9-13)16-11-12-5-3-2-4-6-12/h12-14H,2-11H2,1H3. The average Bonchev–Trinajstić information content (AvgIpc) is 2.76. The van der Waals surface area contributed by atoms with Gasteiger partial charge in [0, 0.05) is 20.3 Å². The summed E-state index contributed by atoms with van der Waals surface area (Å²) in [6.45, 7) is 1.94. The second-order valence-electron chi connectivity index (χ2n) is 5.59. The number of rotatable bonds is 5. The van der Waals surface area contributed by atoms with E-state index in [-0.39, 0.29) is 0 Å². The lowest BCUT2D eigenvalue weighted by molar-refractivity contribution is 0.0202. The van der Waals surface area contributed by atoms with Crippen LogP contribution in [-0.4, -0.2) is 26.4 Å². The van der Waals surface area contributed by atoms with Gasteiger partial charge in [-0.05, 0) is 43.9 Å². The molecule has 2 rings (SSSR count). The lowest BCUT2D eigenvalue weighted by atomic mass is 9.90. The van der Waals surface area contributed by atoms with Gasteiger partial charge in [-0.3, -0.25) is 0 Å². The molecule has 0 aromatic carbocycles. The van der Waals surface area contributed by atoms with Crippen LogP contribution in [-0.2, 0) is 9.47 Å². The van der Waals surface area contributed by atoms with Gasteiger partial charge in [0.1, 0.15) is 0 Å². The summed E-state index contributed by atoms with van der Waals surface area (Å²) < 4.78 is 11.3. The molecule has 2 nitrogen and oxygen atoms in total. The van der Waals surface area contributed by atoms with E-state index in [9.17, 15) is 0 Å². The Morgan fingerprint density at radius 1 is 0.875 bits per heavy atom. The summed E-state index contributed by atoms with van der Waals surface area (Å²) in [4.78, 5) is 0. The molecule has 0 N–H and O–H groups in total. The van der Waals surface area contributed by atoms with Gasteiger partial charge in [0.25, 0.3) is 0 Å². The first-order chi connectivity index (χ1) is 7.88. The molecule has 0 aliphatic heterocycles. The van der Waals surface area contributed by atoms with Crippen LogP contribution in [0.5, 0.6) is 0 Å². The highest BCUT2D eigenvalue weighted by atomic mass is 16.5. The zero-order valence-electron chi connectivity index (χ0n) is 10.6. The van der Waals surface area contributed by atoms with Crippen molar-refractivity contribution < 1.29 is 9.47 Å². The van der Waals surface area contributed by atoms with E-state index in [1.54, 1.807) is 7.11 Å². The van der Waals surface area contributed by atoms with Gasteiger partial charge >= 0.3 is 0 Å². The highest BCUT2D eigenvalue weighted by Crippen LogP contribution is 2.30. The SMILES string of the molecule is COCC1CCC(OCC2CCCCC2)C1. The third-order valence-corrected chi connectivity index (χ3v) is 4.19. The predicted octanol–water partition coefficient (Wildman–Crippen LogP) is 3.40. The third kappa shape index (κ3) is 3.74. The van der Waals surface area contributed by atoms with E-state index >= 15 is 0 Å². The molecule has 0 amide bonds. The molecule has 0 radical (unpaired) electrons. The first-order valence-corrected chi connectivity index (χ1v) is 6.99. The average molecular weight is 226 g/mol. The van der Waals surface area contributed by atoms with E-state index in [1.165, 1.54) is 51.4 Å². The smallest absolute Gasteiger partial charge is 0.0578 e. The molecule has 0 aromatic rings. The van der Waals surface area contributed by atoms with Gasteiger partial charge in [0.2, 0.25) is 0 Å². The van der Waals surface area contributed by atoms with Gasteiger partial charge in [-0.25, -0.2) is 0 Å². The summed E-state index contributed by atoms with van der Waals surface area (Å²) in [5, 5.41) is 0. The molecule has 2 aliphatic carbocycles. The molecular formula is C14H26O2. The van der Waals surface area contributed by atoms with Crippen LogP contribution in [0, 0.1) is 11.8 Å². The second-order valence-corrected chi connectivity index (χ2v) is 5.59. The molecular weight excluding hydrogens is 200 g/mol. The van der Waals surface area contributed by atoms with E-state index in [0.717, 1.165) is 25.0 Å². The molecule has 0 bridgehead atoms. The van der Waals surface area contributed by atoms with E-state index in [0.29, 0.717) is 6.10 Å². The Morgan fingerprint density at radius 2 is 1.69 bits per heavy atom. The van der Waals surface area contributed by atoms with Crippen molar-refractivity contribution in [3.8, 4) is 0 Å². The van der Waals surface area contributed by atoms with Crippen molar-refractivity contribution in [2.75, 3.05) is 20.3 Å². The fraction of sp³-hybridized carbons (Fsp3) is 1.00. The first-order valence-electron chi connectivity index (χ1n) is 6.99. The minimum atomic E-state index is 0.530. The minimum absolute atomic E-state index is 0.530. The molecule has 0 heterocycles. The molecule has 2 atom stereocenters. The fourth-order valence-corrected chi connectivity index (χ4v) is 3.19. The molecule has 94 valence electrons. The fourth-order valence-electron chi connectivity index (χ4n) is 3.19. The van der Waals surface area contributed by atoms with E-state index in [2.05, 4.69) is 0 Å². The molecule has 0 saturated heterocycles. The Hall–Kier alpha value is -0.0800. The molecule has 0 spiro atoms. The van der Waals surface area contributed by atoms with Crippen molar-refractivity contribution in [1.82, 2.24) is 0 Å². The molecule has 2 unspecified atom stereocenters. The quantitative estimate of drug-likeness (QED) is 0.715. The van der Waals surface area contributed by atoms with Crippen molar-refractivity contribution in [2.45, 2.75) is 57.5 Å². The Bertz CT molecular complexity index is 187. The molecule has 2 saturated carbocycles. The van der Waals surface area contributed by atoms with Crippen LogP contribution >= 0.6 is 0 Å². The van der Waals surface area contributed by atoms with Crippen molar-refractivity contribution in [1.29, 1.82) is 0 Å². The van der Waals surface area contributed by atoms with Crippen LogP contribution in [0.3, 0.4) is 0 Å². The molecule has 2 fully saturated rings. The maximum atomic E-state index is 6.06. The summed E-state index contributed by atoms with van der Waals surface area (Å²) in [6.07, 6.45) is 11.4. The lowest BCUT2D eigenvalue weighted by Crippen LogP contribution is -2.18. The summed E-state index contributed by atoms with van der Waals surface area (Å²) in [5.41, 5.74) is 0. The van der Waals surface area contributed by atoms with Crippen molar-refractivity contribution in [3.63, 3.8) is 0 Å². The molecule has 0 aromatic heterocycles. The highest BCUT2D eigenvalue weighted by Gasteiger charge is 2.26. The first kappa shape index (κ1) is 12.4. The van der Waals surface area contributed by atoms with Gasteiger partial charge in [0.05, 0.1) is 6.10 Å². The largest absolute Gasteiger partial charge is 0.384 e. The van der Waals surface area contributed by atoms with Crippen molar-refractivity contribution in [3.05, 3.63) is 0 Å². The van der Waals surface area contributed by atoms with Gasteiger partial charge in [-0.2, -0.15) is 0 Å². The normalized spacial score (nSPS) is 32.1. The van der Waals surface area contributed by atoms with Crippen LogP contribution in [0.1, 0.15) is 51.4 Å².